The zero-order valence-corrected chi connectivity index (χ0v) is 12.8. The molecule has 0 amide bonds. The van der Waals surface area contributed by atoms with Crippen LogP contribution in [0.25, 0.3) is 0 Å². The highest BCUT2D eigenvalue weighted by Gasteiger charge is 2.31. The number of hydrogen-bond acceptors (Lipinski definition) is 1. The summed E-state index contributed by atoms with van der Waals surface area (Å²) in [5.74, 6) is 0. The largest absolute Gasteiger partial charge is 0.416 e. The first-order valence-corrected chi connectivity index (χ1v) is 7.71. The van der Waals surface area contributed by atoms with E-state index in [0.717, 1.165) is 12.6 Å². The van der Waals surface area contributed by atoms with Gasteiger partial charge in [-0.2, -0.15) is 13.2 Å². The van der Waals surface area contributed by atoms with E-state index in [4.69, 9.17) is 0 Å². The summed E-state index contributed by atoms with van der Waals surface area (Å²) in [6.07, 6.45) is 1.96. The van der Waals surface area contributed by atoms with E-state index in [0.29, 0.717) is 5.56 Å². The second-order valence-corrected chi connectivity index (χ2v) is 6.60. The van der Waals surface area contributed by atoms with Crippen LogP contribution in [0.1, 0.15) is 63.1 Å². The molecule has 1 aromatic carbocycles. The molecule has 0 spiro atoms. The molecular weight excluding hydrogens is 275 g/mol. The van der Waals surface area contributed by atoms with Gasteiger partial charge in [-0.15, -0.1) is 0 Å². The molecule has 0 aromatic heterocycles. The Bertz CT molecular complexity index is 461. The maximum atomic E-state index is 12.7. The van der Waals surface area contributed by atoms with E-state index < -0.39 is 11.7 Å². The van der Waals surface area contributed by atoms with E-state index in [2.05, 4.69) is 12.2 Å². The van der Waals surface area contributed by atoms with Crippen LogP contribution in [0.15, 0.2) is 24.3 Å². The fraction of sp³-hybridized carbons (Fsp3) is 0.647. The normalized spacial score (nSPS) is 20.2. The van der Waals surface area contributed by atoms with Gasteiger partial charge in [0.15, 0.2) is 0 Å². The molecule has 21 heavy (non-hydrogen) atoms. The second kappa shape index (κ2) is 6.39. The minimum absolute atomic E-state index is 0.0638. The molecule has 1 unspecified atom stereocenters. The molecule has 0 saturated heterocycles. The monoisotopic (exact) mass is 299 g/mol. The van der Waals surface area contributed by atoms with Crippen LogP contribution in [0.4, 0.5) is 13.2 Å². The van der Waals surface area contributed by atoms with E-state index in [1.807, 2.05) is 6.92 Å². The van der Waals surface area contributed by atoms with Crippen molar-refractivity contribution < 1.29 is 13.2 Å². The first-order valence-electron chi connectivity index (χ1n) is 7.71. The maximum absolute atomic E-state index is 12.7. The lowest BCUT2D eigenvalue weighted by molar-refractivity contribution is -0.137. The lowest BCUT2D eigenvalue weighted by Crippen LogP contribution is -2.35. The van der Waals surface area contributed by atoms with Crippen molar-refractivity contribution >= 4 is 0 Å². The third kappa shape index (κ3) is 4.47. The predicted octanol–water partition coefficient (Wildman–Crippen LogP) is 5.33. The number of nitrogens with one attached hydrogen (secondary N) is 1. The molecule has 1 atom stereocenters. The zero-order valence-electron chi connectivity index (χ0n) is 12.8. The van der Waals surface area contributed by atoms with Gasteiger partial charge in [0.05, 0.1) is 5.56 Å². The smallest absolute Gasteiger partial charge is 0.310 e. The Kier molecular flexibility index (Phi) is 4.97. The van der Waals surface area contributed by atoms with E-state index in [1.54, 1.807) is 6.07 Å². The van der Waals surface area contributed by atoms with Crippen molar-refractivity contribution in [2.45, 2.75) is 58.2 Å². The standard InChI is InChI=1S/C17H24F3N/c1-13(21-12-16(2)9-4-3-5-10-16)14-7-6-8-15(11-14)17(18,19)20/h6-8,11,13,21H,3-5,9-10,12H2,1-2H3. The molecule has 0 heterocycles. The van der Waals surface area contributed by atoms with Gasteiger partial charge in [0.2, 0.25) is 0 Å². The topological polar surface area (TPSA) is 12.0 Å². The molecule has 1 N–H and O–H groups in total. The third-order valence-corrected chi connectivity index (χ3v) is 4.61. The quantitative estimate of drug-likeness (QED) is 0.792. The molecule has 2 rings (SSSR count). The molecule has 1 aliphatic carbocycles. The van der Waals surface area contributed by atoms with Crippen molar-refractivity contribution in [2.24, 2.45) is 5.41 Å². The highest BCUT2D eigenvalue weighted by molar-refractivity contribution is 5.27. The molecule has 1 nitrogen and oxygen atoms in total. The van der Waals surface area contributed by atoms with Gasteiger partial charge >= 0.3 is 6.18 Å². The summed E-state index contributed by atoms with van der Waals surface area (Å²) in [5.41, 5.74) is 0.412. The summed E-state index contributed by atoms with van der Waals surface area (Å²) in [7, 11) is 0. The average molecular weight is 299 g/mol. The van der Waals surface area contributed by atoms with E-state index in [1.165, 1.54) is 44.2 Å². The van der Waals surface area contributed by atoms with Gasteiger partial charge in [-0.25, -0.2) is 0 Å². The van der Waals surface area contributed by atoms with Crippen molar-refractivity contribution in [3.63, 3.8) is 0 Å². The maximum Gasteiger partial charge on any atom is 0.416 e. The van der Waals surface area contributed by atoms with Crippen LogP contribution in [-0.2, 0) is 6.18 Å². The summed E-state index contributed by atoms with van der Waals surface area (Å²) in [6.45, 7) is 5.07. The number of hydrogen-bond donors (Lipinski definition) is 1. The van der Waals surface area contributed by atoms with E-state index >= 15 is 0 Å². The lowest BCUT2D eigenvalue weighted by atomic mass is 9.75. The Morgan fingerprint density at radius 2 is 1.86 bits per heavy atom. The number of rotatable bonds is 4. The van der Waals surface area contributed by atoms with Crippen molar-refractivity contribution in [2.75, 3.05) is 6.54 Å². The molecule has 0 aliphatic heterocycles. The van der Waals surface area contributed by atoms with Gasteiger partial charge in [0.25, 0.3) is 0 Å². The van der Waals surface area contributed by atoms with Crippen LogP contribution < -0.4 is 5.32 Å². The van der Waals surface area contributed by atoms with Crippen LogP contribution in [0.2, 0.25) is 0 Å². The Morgan fingerprint density at radius 3 is 2.48 bits per heavy atom. The summed E-state index contributed by atoms with van der Waals surface area (Å²) >= 11 is 0. The van der Waals surface area contributed by atoms with Gasteiger partial charge < -0.3 is 5.32 Å². The number of benzene rings is 1. The Labute approximate surface area is 124 Å². The molecule has 118 valence electrons. The van der Waals surface area contributed by atoms with Crippen molar-refractivity contribution in [3.8, 4) is 0 Å². The molecular formula is C17H24F3N. The van der Waals surface area contributed by atoms with Crippen LogP contribution in [-0.4, -0.2) is 6.54 Å². The molecule has 1 saturated carbocycles. The van der Waals surface area contributed by atoms with Crippen molar-refractivity contribution in [1.29, 1.82) is 0 Å². The summed E-state index contributed by atoms with van der Waals surface area (Å²) in [5, 5.41) is 3.42. The minimum Gasteiger partial charge on any atom is -0.310 e. The third-order valence-electron chi connectivity index (χ3n) is 4.61. The van der Waals surface area contributed by atoms with Crippen LogP contribution >= 0.6 is 0 Å². The molecule has 1 fully saturated rings. The summed E-state index contributed by atoms with van der Waals surface area (Å²) in [6, 6.07) is 5.56. The summed E-state index contributed by atoms with van der Waals surface area (Å²) < 4.78 is 38.2. The van der Waals surface area contributed by atoms with Gasteiger partial charge in [-0.3, -0.25) is 0 Å². The first-order chi connectivity index (χ1) is 9.80. The molecule has 1 aliphatic rings. The summed E-state index contributed by atoms with van der Waals surface area (Å²) in [4.78, 5) is 0. The first kappa shape index (κ1) is 16.3. The Balaban J connectivity index is 1.98. The predicted molar refractivity (Wildman–Crippen MR) is 79.1 cm³/mol. The van der Waals surface area contributed by atoms with Gasteiger partial charge in [0, 0.05) is 12.6 Å². The highest BCUT2D eigenvalue weighted by atomic mass is 19.4. The average Bonchev–Trinajstić information content (AvgIpc) is 2.45. The van der Waals surface area contributed by atoms with Crippen LogP contribution in [0.3, 0.4) is 0 Å². The fourth-order valence-corrected chi connectivity index (χ4v) is 3.08. The van der Waals surface area contributed by atoms with Crippen molar-refractivity contribution in [3.05, 3.63) is 35.4 Å². The molecule has 0 radical (unpaired) electrons. The lowest BCUT2D eigenvalue weighted by Gasteiger charge is -2.35. The van der Waals surface area contributed by atoms with Gasteiger partial charge in [0.1, 0.15) is 0 Å². The minimum atomic E-state index is -4.27. The molecule has 0 bridgehead atoms. The zero-order chi connectivity index (χ0) is 15.5. The van der Waals surface area contributed by atoms with E-state index in [9.17, 15) is 13.2 Å². The Morgan fingerprint density at radius 1 is 1.19 bits per heavy atom. The second-order valence-electron chi connectivity index (χ2n) is 6.60. The Hall–Kier alpha value is -1.03. The van der Waals surface area contributed by atoms with E-state index in [-0.39, 0.29) is 11.5 Å². The van der Waals surface area contributed by atoms with Gasteiger partial charge in [-0.1, -0.05) is 38.3 Å². The highest BCUT2D eigenvalue weighted by Crippen LogP contribution is 2.36. The molecule has 4 heteroatoms. The number of halogens is 3. The van der Waals surface area contributed by atoms with Crippen LogP contribution in [0, 0.1) is 5.41 Å². The van der Waals surface area contributed by atoms with Gasteiger partial charge in [-0.05, 0) is 42.9 Å². The molecule has 1 aromatic rings. The van der Waals surface area contributed by atoms with Crippen LogP contribution in [0.5, 0.6) is 0 Å². The number of alkyl halides is 3. The SMILES string of the molecule is CC(NCC1(C)CCCCC1)c1cccc(C(F)(F)F)c1. The van der Waals surface area contributed by atoms with Crippen molar-refractivity contribution in [1.82, 2.24) is 5.32 Å². The fourth-order valence-electron chi connectivity index (χ4n) is 3.08.